The van der Waals surface area contributed by atoms with Crippen LogP contribution in [0.25, 0.3) is 0 Å². The van der Waals surface area contributed by atoms with Crippen LogP contribution in [0.4, 0.5) is 0 Å². The number of amides is 2. The molecule has 0 unspecified atom stereocenters. The molecule has 1 aliphatic heterocycles. The molecule has 0 atom stereocenters. The van der Waals surface area contributed by atoms with Crippen molar-refractivity contribution in [2.75, 3.05) is 33.9 Å². The normalized spacial score (nSPS) is 13.8. The van der Waals surface area contributed by atoms with Gasteiger partial charge in [0.1, 0.15) is 17.2 Å². The van der Waals surface area contributed by atoms with E-state index in [1.807, 2.05) is 6.92 Å². The lowest BCUT2D eigenvalue weighted by atomic mass is 10.0. The molecule has 8 heteroatoms. The summed E-state index contributed by atoms with van der Waals surface area (Å²) in [5.74, 6) is 1.37. The molecule has 176 valence electrons. The molecule has 0 spiro atoms. The Morgan fingerprint density at radius 1 is 0.970 bits per heavy atom. The summed E-state index contributed by atoms with van der Waals surface area (Å²) >= 11 is 0. The van der Waals surface area contributed by atoms with E-state index in [9.17, 15) is 14.4 Å². The van der Waals surface area contributed by atoms with Crippen molar-refractivity contribution in [1.82, 2.24) is 10.2 Å². The van der Waals surface area contributed by atoms with E-state index in [1.165, 1.54) is 7.11 Å². The molecule has 8 nitrogen and oxygen atoms in total. The second-order valence-electron chi connectivity index (χ2n) is 7.79. The van der Waals surface area contributed by atoms with Gasteiger partial charge < -0.3 is 24.4 Å². The van der Waals surface area contributed by atoms with Gasteiger partial charge in [0.2, 0.25) is 0 Å². The fourth-order valence-electron chi connectivity index (χ4n) is 3.73. The second-order valence-corrected chi connectivity index (χ2v) is 7.79. The molecule has 3 rings (SSSR count). The molecule has 0 bridgehead atoms. The Labute approximate surface area is 193 Å². The Bertz CT molecular complexity index is 981. The number of ether oxygens (including phenoxy) is 3. The summed E-state index contributed by atoms with van der Waals surface area (Å²) in [5.41, 5.74) is 1.11. The summed E-state index contributed by atoms with van der Waals surface area (Å²) in [6.07, 6.45) is 1.76. The average molecular weight is 455 g/mol. The first-order chi connectivity index (χ1) is 15.9. The molecule has 1 saturated heterocycles. The largest absolute Gasteiger partial charge is 0.497 e. The van der Waals surface area contributed by atoms with Crippen LogP contribution in [0.3, 0.4) is 0 Å². The number of carbonyl (C=O) groups excluding carboxylic acids is 3. The molecule has 0 radical (unpaired) electrons. The van der Waals surface area contributed by atoms with E-state index >= 15 is 0 Å². The third-order valence-corrected chi connectivity index (χ3v) is 5.65. The van der Waals surface area contributed by atoms with Gasteiger partial charge in [-0.25, -0.2) is 0 Å². The van der Waals surface area contributed by atoms with Gasteiger partial charge in [0.15, 0.2) is 12.4 Å². The molecule has 2 aromatic carbocycles. The first-order valence-corrected chi connectivity index (χ1v) is 11.0. The number of methoxy groups -OCH3 is 2. The zero-order valence-corrected chi connectivity index (χ0v) is 19.3. The van der Waals surface area contributed by atoms with Gasteiger partial charge in [-0.1, -0.05) is 6.92 Å². The molecule has 0 aromatic heterocycles. The molecule has 2 aromatic rings. The summed E-state index contributed by atoms with van der Waals surface area (Å²) in [6.45, 7) is 2.77. The zero-order valence-electron chi connectivity index (χ0n) is 19.3. The van der Waals surface area contributed by atoms with Crippen molar-refractivity contribution >= 4 is 17.6 Å². The number of Topliss-reactive ketones (excluding diaryl/α,β-unsaturated/α-hetero) is 1. The molecule has 1 N–H and O–H groups in total. The van der Waals surface area contributed by atoms with E-state index in [-0.39, 0.29) is 30.2 Å². The van der Waals surface area contributed by atoms with Crippen LogP contribution in [0, 0.1) is 0 Å². The third-order valence-electron chi connectivity index (χ3n) is 5.65. The van der Waals surface area contributed by atoms with Gasteiger partial charge >= 0.3 is 0 Å². The molecule has 1 heterocycles. The number of rotatable bonds is 9. The van der Waals surface area contributed by atoms with Crippen molar-refractivity contribution in [1.29, 1.82) is 0 Å². The van der Waals surface area contributed by atoms with Gasteiger partial charge in [-0.3, -0.25) is 14.4 Å². The standard InChI is InChI=1S/C25H30N2O6/c1-4-22(28)17-5-7-19(8-6-17)33-16-24(29)26-18-11-13-27(14-12-18)25(30)21-10-9-20(31-2)15-23(21)32-3/h5-10,15,18H,4,11-14,16H2,1-3H3,(H,26,29). The van der Waals surface area contributed by atoms with E-state index in [0.29, 0.717) is 60.7 Å². The van der Waals surface area contributed by atoms with Crippen LogP contribution >= 0.6 is 0 Å². The summed E-state index contributed by atoms with van der Waals surface area (Å²) in [4.78, 5) is 38.7. The quantitative estimate of drug-likeness (QED) is 0.585. The summed E-state index contributed by atoms with van der Waals surface area (Å²) in [5, 5.41) is 2.97. The topological polar surface area (TPSA) is 94.2 Å². The zero-order chi connectivity index (χ0) is 23.8. The third kappa shape index (κ3) is 6.25. The highest BCUT2D eigenvalue weighted by molar-refractivity contribution is 5.97. The van der Waals surface area contributed by atoms with Gasteiger partial charge in [0.25, 0.3) is 11.8 Å². The lowest BCUT2D eigenvalue weighted by Crippen LogP contribution is -2.47. The first kappa shape index (κ1) is 24.1. The number of nitrogens with one attached hydrogen (secondary N) is 1. The average Bonchev–Trinajstić information content (AvgIpc) is 2.86. The number of benzene rings is 2. The highest BCUT2D eigenvalue weighted by atomic mass is 16.5. The maximum absolute atomic E-state index is 12.9. The number of hydrogen-bond acceptors (Lipinski definition) is 6. The molecule has 0 aliphatic carbocycles. The van der Waals surface area contributed by atoms with E-state index in [1.54, 1.807) is 54.5 Å². The predicted octanol–water partition coefficient (Wildman–Crippen LogP) is 3.10. The minimum Gasteiger partial charge on any atom is -0.497 e. The summed E-state index contributed by atoms with van der Waals surface area (Å²) < 4.78 is 16.1. The van der Waals surface area contributed by atoms with Crippen LogP contribution in [0.1, 0.15) is 46.9 Å². The van der Waals surface area contributed by atoms with Gasteiger partial charge in [-0.05, 0) is 49.2 Å². The highest BCUT2D eigenvalue weighted by Crippen LogP contribution is 2.26. The van der Waals surface area contributed by atoms with Gasteiger partial charge in [0.05, 0.1) is 19.8 Å². The van der Waals surface area contributed by atoms with Crippen LogP contribution in [0.5, 0.6) is 17.2 Å². The minimum absolute atomic E-state index is 0.0209. The van der Waals surface area contributed by atoms with E-state index in [2.05, 4.69) is 5.32 Å². The van der Waals surface area contributed by atoms with Gasteiger partial charge in [-0.15, -0.1) is 0 Å². The van der Waals surface area contributed by atoms with Crippen LogP contribution in [-0.2, 0) is 4.79 Å². The number of piperidine rings is 1. The molecular weight excluding hydrogens is 424 g/mol. The van der Waals surface area contributed by atoms with E-state index in [4.69, 9.17) is 14.2 Å². The van der Waals surface area contributed by atoms with Crippen molar-refractivity contribution in [3.63, 3.8) is 0 Å². The molecule has 1 aliphatic rings. The SMILES string of the molecule is CCC(=O)c1ccc(OCC(=O)NC2CCN(C(=O)c3ccc(OC)cc3OC)CC2)cc1. The van der Waals surface area contributed by atoms with Crippen LogP contribution in [0.15, 0.2) is 42.5 Å². The lowest BCUT2D eigenvalue weighted by Gasteiger charge is -2.32. The van der Waals surface area contributed by atoms with E-state index < -0.39 is 0 Å². The van der Waals surface area contributed by atoms with Crippen molar-refractivity contribution in [3.05, 3.63) is 53.6 Å². The monoisotopic (exact) mass is 454 g/mol. The van der Waals surface area contributed by atoms with Crippen molar-refractivity contribution in [3.8, 4) is 17.2 Å². The molecule has 1 fully saturated rings. The number of nitrogens with zero attached hydrogens (tertiary/aromatic N) is 1. The van der Waals surface area contributed by atoms with E-state index in [0.717, 1.165) is 0 Å². The number of carbonyl (C=O) groups is 3. The summed E-state index contributed by atoms with van der Waals surface area (Å²) in [7, 11) is 3.08. The predicted molar refractivity (Wildman–Crippen MR) is 123 cm³/mol. The van der Waals surface area contributed by atoms with Crippen molar-refractivity contribution < 1.29 is 28.6 Å². The Balaban J connectivity index is 1.46. The number of hydrogen-bond donors (Lipinski definition) is 1. The Kier molecular flexibility index (Phi) is 8.29. The van der Waals surface area contributed by atoms with Crippen LogP contribution < -0.4 is 19.5 Å². The Morgan fingerprint density at radius 3 is 2.24 bits per heavy atom. The van der Waals surface area contributed by atoms with Crippen LogP contribution in [-0.4, -0.2) is 62.5 Å². The fraction of sp³-hybridized carbons (Fsp3) is 0.400. The highest BCUT2D eigenvalue weighted by Gasteiger charge is 2.26. The second kappa shape index (κ2) is 11.4. The first-order valence-electron chi connectivity index (χ1n) is 11.0. The smallest absolute Gasteiger partial charge is 0.258 e. The summed E-state index contributed by atoms with van der Waals surface area (Å²) in [6, 6.07) is 11.9. The Hall–Kier alpha value is -3.55. The molecular formula is C25H30N2O6. The lowest BCUT2D eigenvalue weighted by molar-refractivity contribution is -0.124. The van der Waals surface area contributed by atoms with Gasteiger partial charge in [0, 0.05) is 37.2 Å². The minimum atomic E-state index is -0.217. The maximum atomic E-state index is 12.9. The van der Waals surface area contributed by atoms with Crippen molar-refractivity contribution in [2.45, 2.75) is 32.2 Å². The molecule has 0 saturated carbocycles. The fourth-order valence-corrected chi connectivity index (χ4v) is 3.73. The molecule has 33 heavy (non-hydrogen) atoms. The maximum Gasteiger partial charge on any atom is 0.258 e. The van der Waals surface area contributed by atoms with Gasteiger partial charge in [-0.2, -0.15) is 0 Å². The molecule has 2 amide bonds. The number of likely N-dealkylation sites (tertiary alicyclic amines) is 1. The Morgan fingerprint density at radius 2 is 1.64 bits per heavy atom. The van der Waals surface area contributed by atoms with Crippen LogP contribution in [0.2, 0.25) is 0 Å². The number of ketones is 1. The van der Waals surface area contributed by atoms with Crippen molar-refractivity contribution in [2.24, 2.45) is 0 Å².